The largest absolute Gasteiger partial charge is 0.419 e. The highest BCUT2D eigenvalue weighted by atomic mass is 19.4. The molecule has 1 unspecified atom stereocenters. The van der Waals surface area contributed by atoms with Crippen LogP contribution in [-0.4, -0.2) is 15.8 Å². The Morgan fingerprint density at radius 1 is 1.47 bits per heavy atom. The van der Waals surface area contributed by atoms with Gasteiger partial charge in [-0.25, -0.2) is 0 Å². The summed E-state index contributed by atoms with van der Waals surface area (Å²) in [4.78, 5) is 0. The van der Waals surface area contributed by atoms with Gasteiger partial charge in [0.25, 0.3) is 0 Å². The van der Waals surface area contributed by atoms with Crippen LogP contribution >= 0.6 is 0 Å². The highest BCUT2D eigenvalue weighted by Crippen LogP contribution is 2.28. The van der Waals surface area contributed by atoms with Gasteiger partial charge in [0.2, 0.25) is 0 Å². The van der Waals surface area contributed by atoms with Gasteiger partial charge in [0.15, 0.2) is 0 Å². The van der Waals surface area contributed by atoms with Gasteiger partial charge in [0.1, 0.15) is 0 Å². The lowest BCUT2D eigenvalue weighted by Gasteiger charge is -2.15. The topological polar surface area (TPSA) is 43.8 Å². The van der Waals surface area contributed by atoms with E-state index in [9.17, 15) is 13.2 Å². The van der Waals surface area contributed by atoms with Crippen LogP contribution in [0.2, 0.25) is 0 Å². The molecule has 0 aliphatic rings. The Morgan fingerprint density at radius 3 is 2.47 bits per heavy atom. The lowest BCUT2D eigenvalue weighted by molar-refractivity contribution is -0.137. The smallest absolute Gasteiger partial charge is 0.326 e. The average molecular weight is 221 g/mol. The molecule has 0 bridgehead atoms. The third-order valence-corrected chi connectivity index (χ3v) is 2.21. The molecule has 1 heterocycles. The van der Waals surface area contributed by atoms with Gasteiger partial charge in [-0.2, -0.15) is 18.3 Å². The second-order valence-corrected chi connectivity index (χ2v) is 3.86. The van der Waals surface area contributed by atoms with Crippen LogP contribution in [0.25, 0.3) is 0 Å². The second-order valence-electron chi connectivity index (χ2n) is 3.86. The number of alkyl halides is 3. The van der Waals surface area contributed by atoms with Crippen LogP contribution in [0.1, 0.15) is 19.4 Å². The Kier molecular flexibility index (Phi) is 3.38. The summed E-state index contributed by atoms with van der Waals surface area (Å²) < 4.78 is 37.9. The fraction of sp³-hybridized carbons (Fsp3) is 0.667. The van der Waals surface area contributed by atoms with Gasteiger partial charge < -0.3 is 5.73 Å². The van der Waals surface area contributed by atoms with E-state index in [1.807, 2.05) is 13.8 Å². The van der Waals surface area contributed by atoms with E-state index in [4.69, 9.17) is 5.73 Å². The Bertz CT molecular complexity index is 317. The maximum Gasteiger partial charge on any atom is 0.419 e. The number of nitrogens with zero attached hydrogens (tertiary/aromatic N) is 2. The van der Waals surface area contributed by atoms with E-state index in [0.29, 0.717) is 6.54 Å². The highest BCUT2D eigenvalue weighted by molar-refractivity contribution is 5.08. The third-order valence-electron chi connectivity index (χ3n) is 2.21. The first kappa shape index (κ1) is 12.0. The maximum atomic E-state index is 12.2. The minimum absolute atomic E-state index is 0.189. The predicted octanol–water partition coefficient (Wildman–Crippen LogP) is 1.89. The van der Waals surface area contributed by atoms with Gasteiger partial charge in [-0.3, -0.25) is 4.68 Å². The van der Waals surface area contributed by atoms with Gasteiger partial charge in [0.05, 0.1) is 18.3 Å². The molecule has 0 amide bonds. The molecule has 2 N–H and O–H groups in total. The summed E-state index contributed by atoms with van der Waals surface area (Å²) in [5.41, 5.74) is 4.99. The summed E-state index contributed by atoms with van der Waals surface area (Å²) in [5.74, 6) is 0.212. The standard InChI is InChI=1S/C9H14F3N3/c1-6(2)8(13)5-15-4-7(3-14-15)9(10,11)12/h3-4,6,8H,5,13H2,1-2H3. The van der Waals surface area contributed by atoms with E-state index in [1.165, 1.54) is 4.68 Å². The van der Waals surface area contributed by atoms with Crippen LogP contribution in [0.5, 0.6) is 0 Å². The number of nitrogens with two attached hydrogens (primary N) is 1. The van der Waals surface area contributed by atoms with Gasteiger partial charge in [-0.05, 0) is 5.92 Å². The van der Waals surface area contributed by atoms with Crippen molar-refractivity contribution >= 4 is 0 Å². The molecule has 0 aliphatic carbocycles. The molecular formula is C9H14F3N3. The van der Waals surface area contributed by atoms with Crippen molar-refractivity contribution in [1.82, 2.24) is 9.78 Å². The van der Waals surface area contributed by atoms with Crippen molar-refractivity contribution in [3.8, 4) is 0 Å². The first-order chi connectivity index (χ1) is 6.80. The maximum absolute atomic E-state index is 12.2. The number of aromatic nitrogens is 2. The fourth-order valence-corrected chi connectivity index (χ4v) is 1.04. The van der Waals surface area contributed by atoms with E-state index in [1.54, 1.807) is 0 Å². The summed E-state index contributed by atoms with van der Waals surface area (Å²) in [6.07, 6.45) is -2.55. The Morgan fingerprint density at radius 2 is 2.07 bits per heavy atom. The van der Waals surface area contributed by atoms with Crippen LogP contribution in [-0.2, 0) is 12.7 Å². The van der Waals surface area contributed by atoms with Crippen molar-refractivity contribution in [2.75, 3.05) is 0 Å². The van der Waals surface area contributed by atoms with Crippen molar-refractivity contribution in [2.24, 2.45) is 11.7 Å². The Balaban J connectivity index is 2.69. The zero-order valence-corrected chi connectivity index (χ0v) is 8.62. The van der Waals surface area contributed by atoms with E-state index in [-0.39, 0.29) is 12.0 Å². The number of hydrogen-bond acceptors (Lipinski definition) is 2. The quantitative estimate of drug-likeness (QED) is 0.847. The summed E-state index contributed by atoms with van der Waals surface area (Å²) in [6, 6.07) is -0.189. The number of halogens is 3. The van der Waals surface area contributed by atoms with Crippen LogP contribution < -0.4 is 5.73 Å². The molecule has 0 spiro atoms. The molecule has 1 atom stereocenters. The van der Waals surface area contributed by atoms with Crippen LogP contribution in [0, 0.1) is 5.92 Å². The number of rotatable bonds is 3. The molecule has 1 aromatic rings. The summed E-state index contributed by atoms with van der Waals surface area (Å²) in [6.45, 7) is 4.13. The number of hydrogen-bond donors (Lipinski definition) is 1. The first-order valence-corrected chi connectivity index (χ1v) is 4.66. The fourth-order valence-electron chi connectivity index (χ4n) is 1.04. The lowest BCUT2D eigenvalue weighted by Crippen LogP contribution is -2.31. The van der Waals surface area contributed by atoms with E-state index in [2.05, 4.69) is 5.10 Å². The SMILES string of the molecule is CC(C)C(N)Cn1cc(C(F)(F)F)cn1. The Labute approximate surface area is 86.1 Å². The third kappa shape index (κ3) is 3.23. The molecule has 0 saturated carbocycles. The van der Waals surface area contributed by atoms with Gasteiger partial charge >= 0.3 is 6.18 Å². The minimum Gasteiger partial charge on any atom is -0.326 e. The van der Waals surface area contributed by atoms with Crippen molar-refractivity contribution < 1.29 is 13.2 Å². The molecule has 1 rings (SSSR count). The average Bonchev–Trinajstić information content (AvgIpc) is 2.51. The van der Waals surface area contributed by atoms with E-state index >= 15 is 0 Å². The van der Waals surface area contributed by atoms with Crippen molar-refractivity contribution in [2.45, 2.75) is 32.6 Å². The first-order valence-electron chi connectivity index (χ1n) is 4.66. The molecule has 3 nitrogen and oxygen atoms in total. The zero-order valence-electron chi connectivity index (χ0n) is 8.62. The van der Waals surface area contributed by atoms with Gasteiger partial charge in [-0.15, -0.1) is 0 Å². The molecule has 0 fully saturated rings. The van der Waals surface area contributed by atoms with Crippen LogP contribution in [0.4, 0.5) is 13.2 Å². The van der Waals surface area contributed by atoms with Gasteiger partial charge in [-0.1, -0.05) is 13.8 Å². The molecule has 6 heteroatoms. The molecular weight excluding hydrogens is 207 g/mol. The van der Waals surface area contributed by atoms with E-state index < -0.39 is 11.7 Å². The van der Waals surface area contributed by atoms with Crippen LogP contribution in [0.3, 0.4) is 0 Å². The highest BCUT2D eigenvalue weighted by Gasteiger charge is 2.32. The summed E-state index contributed by atoms with van der Waals surface area (Å²) in [7, 11) is 0. The molecule has 0 aromatic carbocycles. The van der Waals surface area contributed by atoms with E-state index in [0.717, 1.165) is 12.4 Å². The normalized spacial score (nSPS) is 14.6. The molecule has 0 saturated heterocycles. The molecule has 1 aromatic heterocycles. The van der Waals surface area contributed by atoms with Crippen molar-refractivity contribution in [1.29, 1.82) is 0 Å². The van der Waals surface area contributed by atoms with Crippen molar-refractivity contribution in [3.05, 3.63) is 18.0 Å². The summed E-state index contributed by atoms with van der Waals surface area (Å²) >= 11 is 0. The van der Waals surface area contributed by atoms with Crippen LogP contribution in [0.15, 0.2) is 12.4 Å². The predicted molar refractivity (Wildman–Crippen MR) is 50.0 cm³/mol. The minimum atomic E-state index is -4.33. The molecule has 0 aliphatic heterocycles. The Hall–Kier alpha value is -1.04. The molecule has 15 heavy (non-hydrogen) atoms. The molecule has 86 valence electrons. The van der Waals surface area contributed by atoms with Crippen molar-refractivity contribution in [3.63, 3.8) is 0 Å². The lowest BCUT2D eigenvalue weighted by atomic mass is 10.1. The second kappa shape index (κ2) is 4.22. The van der Waals surface area contributed by atoms with Gasteiger partial charge in [0, 0.05) is 12.2 Å². The monoisotopic (exact) mass is 221 g/mol. The summed E-state index contributed by atoms with van der Waals surface area (Å²) in [5, 5.41) is 3.62. The molecule has 0 radical (unpaired) electrons. The zero-order chi connectivity index (χ0) is 11.6.